The van der Waals surface area contributed by atoms with Crippen LogP contribution in [-0.2, 0) is 13.5 Å². The molecule has 29 heavy (non-hydrogen) atoms. The van der Waals surface area contributed by atoms with E-state index in [9.17, 15) is 14.7 Å². The molecule has 4 rings (SSSR count). The van der Waals surface area contributed by atoms with E-state index < -0.39 is 5.97 Å². The van der Waals surface area contributed by atoms with Crippen LogP contribution in [0.5, 0.6) is 5.88 Å². The van der Waals surface area contributed by atoms with Crippen LogP contribution < -0.4 is 5.69 Å². The smallest absolute Gasteiger partial charge is 0.336 e. The zero-order chi connectivity index (χ0) is 20.5. The first-order valence-corrected chi connectivity index (χ1v) is 9.80. The molecule has 146 valence electrons. The highest BCUT2D eigenvalue weighted by Gasteiger charge is 2.19. The number of thiophene rings is 1. The molecule has 0 bridgehead atoms. The van der Waals surface area contributed by atoms with Gasteiger partial charge in [-0.1, -0.05) is 36.4 Å². The Kier molecular flexibility index (Phi) is 4.82. The molecule has 2 N–H and O–H groups in total. The monoisotopic (exact) mass is 406 g/mol. The number of benzene rings is 2. The topological polar surface area (TPSA) is 84.5 Å². The number of carboxylic acids is 1. The Balaban J connectivity index is 1.64. The zero-order valence-corrected chi connectivity index (χ0v) is 16.4. The van der Waals surface area contributed by atoms with Gasteiger partial charge in [-0.05, 0) is 46.3 Å². The van der Waals surface area contributed by atoms with Crippen molar-refractivity contribution in [2.24, 2.45) is 7.05 Å². The molecular weight excluding hydrogens is 388 g/mol. The van der Waals surface area contributed by atoms with Gasteiger partial charge in [0.2, 0.25) is 5.88 Å². The number of rotatable bonds is 5. The molecule has 0 saturated carbocycles. The van der Waals surface area contributed by atoms with Gasteiger partial charge >= 0.3 is 11.7 Å². The molecule has 2 aromatic heterocycles. The molecule has 0 unspecified atom stereocenters. The van der Waals surface area contributed by atoms with Gasteiger partial charge in [-0.2, -0.15) is 0 Å². The second kappa shape index (κ2) is 7.44. The summed E-state index contributed by atoms with van der Waals surface area (Å²) in [6.07, 6.45) is 0.394. The van der Waals surface area contributed by atoms with Crippen LogP contribution in [0.1, 0.15) is 21.6 Å². The predicted octanol–water partition coefficient (Wildman–Crippen LogP) is 3.90. The summed E-state index contributed by atoms with van der Waals surface area (Å²) < 4.78 is 2.77. The number of aromatic hydroxyl groups is 1. The van der Waals surface area contributed by atoms with Gasteiger partial charge in [0, 0.05) is 13.5 Å². The van der Waals surface area contributed by atoms with Gasteiger partial charge in [0.25, 0.3) is 0 Å². The Morgan fingerprint density at radius 3 is 2.45 bits per heavy atom. The van der Waals surface area contributed by atoms with Crippen LogP contribution in [0.3, 0.4) is 0 Å². The fraction of sp³-hybridized carbons (Fsp3) is 0.0909. The number of carboxylic acid groups (broad SMARTS) is 1. The van der Waals surface area contributed by atoms with Crippen LogP contribution in [0.25, 0.3) is 16.1 Å². The van der Waals surface area contributed by atoms with Crippen molar-refractivity contribution in [2.45, 2.75) is 6.42 Å². The van der Waals surface area contributed by atoms with Gasteiger partial charge < -0.3 is 10.2 Å². The first-order chi connectivity index (χ1) is 14.0. The van der Waals surface area contributed by atoms with Crippen LogP contribution in [-0.4, -0.2) is 25.3 Å². The summed E-state index contributed by atoms with van der Waals surface area (Å²) in [5.41, 5.74) is 3.12. The van der Waals surface area contributed by atoms with E-state index in [0.717, 1.165) is 16.7 Å². The normalized spacial score (nSPS) is 10.9. The average molecular weight is 406 g/mol. The fourth-order valence-corrected chi connectivity index (χ4v) is 3.99. The number of carbonyl (C=O) groups is 1. The highest BCUT2D eigenvalue weighted by molar-refractivity contribution is 7.12. The molecule has 2 heterocycles. The summed E-state index contributed by atoms with van der Waals surface area (Å²) in [6.45, 7) is 0. The van der Waals surface area contributed by atoms with Crippen LogP contribution in [0.4, 0.5) is 0 Å². The van der Waals surface area contributed by atoms with Crippen molar-refractivity contribution in [3.8, 4) is 22.0 Å². The van der Waals surface area contributed by atoms with Crippen molar-refractivity contribution in [3.05, 3.63) is 93.3 Å². The molecule has 0 atom stereocenters. The van der Waals surface area contributed by atoms with Gasteiger partial charge in [0.15, 0.2) is 0 Å². The van der Waals surface area contributed by atoms with Crippen molar-refractivity contribution in [1.82, 2.24) is 9.13 Å². The molecule has 0 saturated heterocycles. The summed E-state index contributed by atoms with van der Waals surface area (Å²) in [5.74, 6) is -1.02. The van der Waals surface area contributed by atoms with E-state index in [1.165, 1.54) is 20.5 Å². The Morgan fingerprint density at radius 2 is 1.79 bits per heavy atom. The SMILES string of the molecule is Cn1c(Cc2ccc(-c3cccc(C(=O)O)c3)cc2)c(O)n(-c2cccs2)c1=O. The molecule has 4 aromatic rings. The van der Waals surface area contributed by atoms with E-state index in [1.807, 2.05) is 41.8 Å². The Labute approximate surface area is 170 Å². The summed E-state index contributed by atoms with van der Waals surface area (Å²) >= 11 is 1.38. The van der Waals surface area contributed by atoms with Crippen molar-refractivity contribution in [1.29, 1.82) is 0 Å². The molecule has 0 radical (unpaired) electrons. The predicted molar refractivity (Wildman–Crippen MR) is 112 cm³/mol. The third-order valence-corrected chi connectivity index (χ3v) is 5.70. The van der Waals surface area contributed by atoms with Gasteiger partial charge in [-0.15, -0.1) is 11.3 Å². The standard InChI is InChI=1S/C22H18N2O4S/c1-23-18(20(25)24(22(23)28)19-6-3-11-29-19)12-14-7-9-15(10-8-14)16-4-2-5-17(13-16)21(26)27/h2-11,13,25H,12H2,1H3,(H,26,27). The molecule has 0 aliphatic carbocycles. The molecule has 7 heteroatoms. The maximum absolute atomic E-state index is 12.5. The first kappa shape index (κ1) is 18.8. The molecule has 0 spiro atoms. The maximum Gasteiger partial charge on any atom is 0.336 e. The van der Waals surface area contributed by atoms with Crippen LogP contribution in [0.2, 0.25) is 0 Å². The number of nitrogens with zero attached hydrogens (tertiary/aromatic N) is 2. The third kappa shape index (κ3) is 3.48. The summed E-state index contributed by atoms with van der Waals surface area (Å²) in [7, 11) is 1.65. The summed E-state index contributed by atoms with van der Waals surface area (Å²) in [4.78, 5) is 23.7. The molecule has 0 amide bonds. The fourth-order valence-electron chi connectivity index (χ4n) is 3.27. The van der Waals surface area contributed by atoms with Crippen molar-refractivity contribution in [3.63, 3.8) is 0 Å². The largest absolute Gasteiger partial charge is 0.493 e. The maximum atomic E-state index is 12.5. The van der Waals surface area contributed by atoms with Crippen LogP contribution in [0, 0.1) is 0 Å². The van der Waals surface area contributed by atoms with E-state index in [2.05, 4.69) is 0 Å². The Hall–Kier alpha value is -3.58. The van der Waals surface area contributed by atoms with Crippen LogP contribution >= 0.6 is 11.3 Å². The summed E-state index contributed by atoms with van der Waals surface area (Å²) in [6, 6.07) is 18.0. The lowest BCUT2D eigenvalue weighted by Gasteiger charge is -2.07. The molecule has 2 aromatic carbocycles. The molecule has 0 aliphatic heterocycles. The lowest BCUT2D eigenvalue weighted by atomic mass is 10.0. The number of hydrogen-bond donors (Lipinski definition) is 2. The van der Waals surface area contributed by atoms with Gasteiger partial charge in [-0.25, -0.2) is 14.2 Å². The quantitative estimate of drug-likeness (QED) is 0.526. The molecule has 0 fully saturated rings. The van der Waals surface area contributed by atoms with Gasteiger partial charge in [0.1, 0.15) is 5.00 Å². The average Bonchev–Trinajstić information content (AvgIpc) is 3.32. The number of aromatic carboxylic acids is 1. The van der Waals surface area contributed by atoms with E-state index in [1.54, 1.807) is 31.3 Å². The van der Waals surface area contributed by atoms with Crippen LogP contribution in [0.15, 0.2) is 70.8 Å². The highest BCUT2D eigenvalue weighted by atomic mass is 32.1. The van der Waals surface area contributed by atoms with E-state index >= 15 is 0 Å². The molecule has 6 nitrogen and oxygen atoms in total. The van der Waals surface area contributed by atoms with E-state index in [0.29, 0.717) is 17.1 Å². The minimum atomic E-state index is -0.963. The highest BCUT2D eigenvalue weighted by Crippen LogP contribution is 2.26. The minimum absolute atomic E-state index is 0.0572. The Morgan fingerprint density at radius 1 is 1.03 bits per heavy atom. The second-order valence-electron chi connectivity index (χ2n) is 6.66. The lowest BCUT2D eigenvalue weighted by molar-refractivity contribution is 0.0697. The number of hydrogen-bond acceptors (Lipinski definition) is 4. The molecule has 0 aliphatic rings. The number of aromatic nitrogens is 2. The minimum Gasteiger partial charge on any atom is -0.493 e. The third-order valence-electron chi connectivity index (χ3n) is 4.85. The van der Waals surface area contributed by atoms with E-state index in [4.69, 9.17) is 5.11 Å². The molecular formula is C22H18N2O4S. The van der Waals surface area contributed by atoms with Crippen molar-refractivity contribution < 1.29 is 15.0 Å². The first-order valence-electron chi connectivity index (χ1n) is 8.92. The van der Waals surface area contributed by atoms with Gasteiger partial charge in [0.05, 0.1) is 11.3 Å². The lowest BCUT2D eigenvalue weighted by Crippen LogP contribution is -2.21. The Bertz CT molecular complexity index is 1240. The second-order valence-corrected chi connectivity index (χ2v) is 7.58. The number of imidazole rings is 1. The van der Waals surface area contributed by atoms with Gasteiger partial charge in [-0.3, -0.25) is 4.57 Å². The summed E-state index contributed by atoms with van der Waals surface area (Å²) in [5, 5.41) is 22.3. The van der Waals surface area contributed by atoms with E-state index in [-0.39, 0.29) is 17.1 Å². The zero-order valence-electron chi connectivity index (χ0n) is 15.6. The van der Waals surface area contributed by atoms with Crippen molar-refractivity contribution in [2.75, 3.05) is 0 Å². The van der Waals surface area contributed by atoms with Crippen molar-refractivity contribution >= 4 is 17.3 Å².